The lowest BCUT2D eigenvalue weighted by Crippen LogP contribution is -2.22. The highest BCUT2D eigenvalue weighted by molar-refractivity contribution is 6.06. The van der Waals surface area contributed by atoms with Crippen molar-refractivity contribution in [2.75, 3.05) is 23.3 Å². The van der Waals surface area contributed by atoms with E-state index in [-0.39, 0.29) is 5.91 Å². The van der Waals surface area contributed by atoms with Gasteiger partial charge in [-0.2, -0.15) is 0 Å². The molecule has 0 radical (unpaired) electrons. The molecule has 0 fully saturated rings. The zero-order valence-corrected chi connectivity index (χ0v) is 15.3. The maximum atomic E-state index is 12.6. The molecule has 0 bridgehead atoms. The van der Waals surface area contributed by atoms with Gasteiger partial charge in [0, 0.05) is 48.8 Å². The highest BCUT2D eigenvalue weighted by atomic mass is 16.1. The molecule has 130 valence electrons. The molecule has 0 atom stereocenters. The molecule has 4 heteroatoms. The minimum absolute atomic E-state index is 0.0817. The summed E-state index contributed by atoms with van der Waals surface area (Å²) in [4.78, 5) is 14.9. The van der Waals surface area contributed by atoms with Crippen LogP contribution in [-0.2, 0) is 7.05 Å². The molecular formula is C21H25N3O. The fraction of sp³-hybridized carbons (Fsp3) is 0.286. The Kier molecular flexibility index (Phi) is 4.79. The molecule has 0 saturated carbocycles. The number of rotatable bonds is 5. The van der Waals surface area contributed by atoms with Crippen molar-refractivity contribution in [3.05, 3.63) is 59.8 Å². The topological polar surface area (TPSA) is 37.3 Å². The molecule has 3 rings (SSSR count). The van der Waals surface area contributed by atoms with Gasteiger partial charge in [-0.3, -0.25) is 4.79 Å². The molecule has 0 spiro atoms. The van der Waals surface area contributed by atoms with E-state index in [4.69, 9.17) is 0 Å². The predicted molar refractivity (Wildman–Crippen MR) is 106 cm³/mol. The van der Waals surface area contributed by atoms with Gasteiger partial charge in [-0.1, -0.05) is 6.07 Å². The third-order valence-corrected chi connectivity index (χ3v) is 4.74. The van der Waals surface area contributed by atoms with Crippen LogP contribution in [0.25, 0.3) is 10.9 Å². The second-order valence-electron chi connectivity index (χ2n) is 6.33. The van der Waals surface area contributed by atoms with Gasteiger partial charge < -0.3 is 14.8 Å². The third kappa shape index (κ3) is 3.38. The van der Waals surface area contributed by atoms with Crippen LogP contribution in [0.4, 0.5) is 11.4 Å². The Labute approximate surface area is 149 Å². The Bertz CT molecular complexity index is 907. The van der Waals surface area contributed by atoms with Crippen molar-refractivity contribution in [2.45, 2.75) is 20.8 Å². The van der Waals surface area contributed by atoms with Gasteiger partial charge in [-0.25, -0.2) is 0 Å². The smallest absolute Gasteiger partial charge is 0.255 e. The van der Waals surface area contributed by atoms with E-state index < -0.39 is 0 Å². The Morgan fingerprint density at radius 2 is 1.84 bits per heavy atom. The Morgan fingerprint density at radius 1 is 1.08 bits per heavy atom. The zero-order valence-electron chi connectivity index (χ0n) is 15.3. The van der Waals surface area contributed by atoms with Crippen molar-refractivity contribution < 1.29 is 4.79 Å². The van der Waals surface area contributed by atoms with E-state index in [9.17, 15) is 4.79 Å². The summed E-state index contributed by atoms with van der Waals surface area (Å²) in [6, 6.07) is 14.0. The zero-order chi connectivity index (χ0) is 18.0. The largest absolute Gasteiger partial charge is 0.372 e. The number of carbonyl (C=O) groups is 1. The van der Waals surface area contributed by atoms with E-state index in [2.05, 4.69) is 36.2 Å². The van der Waals surface area contributed by atoms with E-state index in [0.717, 1.165) is 35.2 Å². The lowest BCUT2D eigenvalue weighted by Gasteiger charge is -2.22. The molecule has 1 amide bonds. The Balaban J connectivity index is 1.83. The number of fused-ring (bicyclic) bond motifs is 1. The molecule has 1 aromatic heterocycles. The first kappa shape index (κ1) is 17.1. The molecule has 0 unspecified atom stereocenters. The summed E-state index contributed by atoms with van der Waals surface area (Å²) in [7, 11) is 1.99. The molecule has 1 N–H and O–H groups in total. The number of carbonyl (C=O) groups excluding carboxylic acids is 1. The first-order chi connectivity index (χ1) is 12.0. The fourth-order valence-electron chi connectivity index (χ4n) is 3.17. The Hall–Kier alpha value is -2.75. The number of nitrogens with zero attached hydrogens (tertiary/aromatic N) is 2. The number of hydrogen-bond donors (Lipinski definition) is 1. The van der Waals surface area contributed by atoms with Crippen LogP contribution in [0.5, 0.6) is 0 Å². The number of amides is 1. The lowest BCUT2D eigenvalue weighted by atomic mass is 10.1. The summed E-state index contributed by atoms with van der Waals surface area (Å²) >= 11 is 0. The van der Waals surface area contributed by atoms with Crippen LogP contribution in [0.15, 0.2) is 48.7 Å². The van der Waals surface area contributed by atoms with E-state index >= 15 is 0 Å². The van der Waals surface area contributed by atoms with Gasteiger partial charge >= 0.3 is 0 Å². The van der Waals surface area contributed by atoms with Gasteiger partial charge in [0.15, 0.2) is 0 Å². The van der Waals surface area contributed by atoms with Gasteiger partial charge in [0.2, 0.25) is 0 Å². The van der Waals surface area contributed by atoms with Crippen LogP contribution in [-0.4, -0.2) is 23.6 Å². The number of hydrogen-bond acceptors (Lipinski definition) is 2. The lowest BCUT2D eigenvalue weighted by molar-refractivity contribution is 0.102. The van der Waals surface area contributed by atoms with Gasteiger partial charge in [-0.15, -0.1) is 0 Å². The minimum atomic E-state index is -0.0817. The van der Waals surface area contributed by atoms with Gasteiger partial charge in [-0.05, 0) is 68.1 Å². The molecule has 0 aliphatic rings. The maximum absolute atomic E-state index is 12.6. The van der Waals surface area contributed by atoms with Crippen molar-refractivity contribution in [2.24, 2.45) is 7.05 Å². The molecule has 2 aromatic carbocycles. The molecule has 3 aromatic rings. The molecule has 25 heavy (non-hydrogen) atoms. The minimum Gasteiger partial charge on any atom is -0.372 e. The highest BCUT2D eigenvalue weighted by Gasteiger charge is 2.11. The molecule has 0 aliphatic heterocycles. The van der Waals surface area contributed by atoms with Crippen LogP contribution < -0.4 is 10.2 Å². The molecule has 1 heterocycles. The highest BCUT2D eigenvalue weighted by Crippen LogP contribution is 2.24. The maximum Gasteiger partial charge on any atom is 0.255 e. The number of benzene rings is 2. The number of anilines is 2. The monoisotopic (exact) mass is 335 g/mol. The van der Waals surface area contributed by atoms with Crippen LogP contribution >= 0.6 is 0 Å². The van der Waals surface area contributed by atoms with Crippen molar-refractivity contribution in [3.63, 3.8) is 0 Å². The number of aromatic nitrogens is 1. The van der Waals surface area contributed by atoms with Crippen molar-refractivity contribution in [3.8, 4) is 0 Å². The van der Waals surface area contributed by atoms with Crippen molar-refractivity contribution in [1.82, 2.24) is 4.57 Å². The standard InChI is InChI=1S/C21H25N3O/c1-5-24(6-2)18-9-10-19(15(3)13-18)22-21(25)17-8-7-16-11-12-23(4)20(16)14-17/h7-14H,5-6H2,1-4H3,(H,22,25). The normalized spacial score (nSPS) is 10.9. The van der Waals surface area contributed by atoms with E-state index in [1.165, 1.54) is 5.69 Å². The van der Waals surface area contributed by atoms with E-state index in [1.54, 1.807) is 0 Å². The van der Waals surface area contributed by atoms with E-state index in [0.29, 0.717) is 5.56 Å². The van der Waals surface area contributed by atoms with Crippen LogP contribution in [0, 0.1) is 6.92 Å². The molecular weight excluding hydrogens is 310 g/mol. The summed E-state index contributed by atoms with van der Waals surface area (Å²) < 4.78 is 2.02. The SMILES string of the molecule is CCN(CC)c1ccc(NC(=O)c2ccc3ccn(C)c3c2)c(C)c1. The first-order valence-electron chi connectivity index (χ1n) is 8.75. The van der Waals surface area contributed by atoms with E-state index in [1.807, 2.05) is 55.1 Å². The summed E-state index contributed by atoms with van der Waals surface area (Å²) in [5.74, 6) is -0.0817. The van der Waals surface area contributed by atoms with Crippen LogP contribution in [0.2, 0.25) is 0 Å². The predicted octanol–water partition coefficient (Wildman–Crippen LogP) is 4.59. The summed E-state index contributed by atoms with van der Waals surface area (Å²) in [5.41, 5.74) is 4.83. The number of nitrogens with one attached hydrogen (secondary N) is 1. The Morgan fingerprint density at radius 3 is 2.52 bits per heavy atom. The van der Waals surface area contributed by atoms with Gasteiger partial charge in [0.25, 0.3) is 5.91 Å². The number of aryl methyl sites for hydroxylation is 2. The average Bonchev–Trinajstić information content (AvgIpc) is 2.99. The van der Waals surface area contributed by atoms with Gasteiger partial charge in [0.1, 0.15) is 0 Å². The van der Waals surface area contributed by atoms with Gasteiger partial charge in [0.05, 0.1) is 0 Å². The van der Waals surface area contributed by atoms with Crippen LogP contribution in [0.1, 0.15) is 29.8 Å². The summed E-state index contributed by atoms with van der Waals surface area (Å²) in [5, 5.41) is 4.18. The van der Waals surface area contributed by atoms with Crippen molar-refractivity contribution in [1.29, 1.82) is 0 Å². The molecule has 4 nitrogen and oxygen atoms in total. The van der Waals surface area contributed by atoms with Crippen molar-refractivity contribution >= 4 is 28.2 Å². The first-order valence-corrected chi connectivity index (χ1v) is 8.75. The summed E-state index contributed by atoms with van der Waals surface area (Å²) in [6.45, 7) is 8.27. The third-order valence-electron chi connectivity index (χ3n) is 4.74. The fourth-order valence-corrected chi connectivity index (χ4v) is 3.17. The average molecular weight is 335 g/mol. The quantitative estimate of drug-likeness (QED) is 0.741. The second kappa shape index (κ2) is 7.01. The second-order valence-corrected chi connectivity index (χ2v) is 6.33. The summed E-state index contributed by atoms with van der Waals surface area (Å²) in [6.07, 6.45) is 2.00. The molecule has 0 saturated heterocycles. The van der Waals surface area contributed by atoms with Crippen LogP contribution in [0.3, 0.4) is 0 Å². The molecule has 0 aliphatic carbocycles.